The van der Waals surface area contributed by atoms with E-state index in [0.717, 1.165) is 13.1 Å². The Morgan fingerprint density at radius 3 is 1.79 bits per heavy atom. The van der Waals surface area contributed by atoms with Crippen molar-refractivity contribution in [3.05, 3.63) is 139 Å². The van der Waals surface area contributed by atoms with Crippen LogP contribution in [-0.4, -0.2) is 4.57 Å². The fourth-order valence-electron chi connectivity index (χ4n) is 4.71. The number of hydrogen-bond acceptors (Lipinski definition) is 0. The summed E-state index contributed by atoms with van der Waals surface area (Å²) in [6.45, 7) is 1.67. The van der Waals surface area contributed by atoms with Crippen molar-refractivity contribution >= 4 is 21.5 Å². The molecule has 0 fully saturated rings. The maximum Gasteiger partial charge on any atom is 0.289 e. The molecule has 6 rings (SSSR count). The van der Waals surface area contributed by atoms with E-state index >= 15 is 0 Å². The summed E-state index contributed by atoms with van der Waals surface area (Å²) >= 11 is 0. The van der Waals surface area contributed by atoms with Crippen LogP contribution in [0.1, 0.15) is 11.1 Å². The van der Waals surface area contributed by atoms with Crippen molar-refractivity contribution in [2.24, 2.45) is 0 Å². The molecule has 0 atom stereocenters. The number of hydrogen-bond donors (Lipinski definition) is 0. The molecule has 6 aromatic rings. The summed E-state index contributed by atoms with van der Waals surface area (Å²) in [5, 5.41) is 5.13. The average Bonchev–Trinajstić information content (AvgIpc) is 3.26. The van der Waals surface area contributed by atoms with Crippen LogP contribution in [0.4, 0.5) is 0 Å². The van der Waals surface area contributed by atoms with Gasteiger partial charge in [0.25, 0.3) is 5.82 Å². The average molecular weight is 505 g/mol. The van der Waals surface area contributed by atoms with Gasteiger partial charge in [0, 0.05) is 0 Å². The van der Waals surface area contributed by atoms with Gasteiger partial charge in [0.15, 0.2) is 0 Å². The summed E-state index contributed by atoms with van der Waals surface area (Å²) in [6, 6.07) is 41.3. The van der Waals surface area contributed by atoms with Gasteiger partial charge in [0.2, 0.25) is 0 Å². The normalized spacial score (nSPS) is 10.9. The van der Waals surface area contributed by atoms with Crippen LogP contribution in [0.15, 0.2) is 128 Å². The van der Waals surface area contributed by atoms with Crippen molar-refractivity contribution in [1.29, 1.82) is 0 Å². The SMILES string of the molecule is [Br-].c1ccc(-c2n(Cc3ccc4ccccc4c3)cc[n+]2Cc2ccc3ccccc3c2)cc1. The summed E-state index contributed by atoms with van der Waals surface area (Å²) in [5.41, 5.74) is 3.84. The summed E-state index contributed by atoms with van der Waals surface area (Å²) in [4.78, 5) is 0. The molecule has 0 N–H and O–H groups in total. The van der Waals surface area contributed by atoms with Crippen molar-refractivity contribution in [3.63, 3.8) is 0 Å². The number of halogens is 1. The molecule has 0 aliphatic carbocycles. The van der Waals surface area contributed by atoms with E-state index in [2.05, 4.69) is 137 Å². The maximum absolute atomic E-state index is 2.36. The second-order valence-electron chi connectivity index (χ2n) is 8.61. The fourth-order valence-corrected chi connectivity index (χ4v) is 4.71. The van der Waals surface area contributed by atoms with Gasteiger partial charge in [-0.25, -0.2) is 9.13 Å². The quantitative estimate of drug-likeness (QED) is 0.315. The van der Waals surface area contributed by atoms with Crippen LogP contribution in [0, 0.1) is 0 Å². The molecule has 1 heterocycles. The zero-order valence-corrected chi connectivity index (χ0v) is 20.4. The molecule has 1 aromatic heterocycles. The van der Waals surface area contributed by atoms with Crippen molar-refractivity contribution in [2.45, 2.75) is 13.1 Å². The molecule has 0 unspecified atom stereocenters. The van der Waals surface area contributed by atoms with Gasteiger partial charge < -0.3 is 17.0 Å². The summed E-state index contributed by atoms with van der Waals surface area (Å²) in [5.74, 6) is 1.22. The Kier molecular flexibility index (Phi) is 6.29. The van der Waals surface area contributed by atoms with E-state index in [1.54, 1.807) is 0 Å². The molecule has 34 heavy (non-hydrogen) atoms. The molecule has 3 heteroatoms. The predicted octanol–water partition coefficient (Wildman–Crippen LogP) is 3.85. The third kappa shape index (κ3) is 4.40. The number of rotatable bonds is 5. The summed E-state index contributed by atoms with van der Waals surface area (Å²) < 4.78 is 4.72. The lowest BCUT2D eigenvalue weighted by Gasteiger charge is -2.08. The minimum absolute atomic E-state index is 0. The molecule has 0 aliphatic heterocycles. The molecule has 2 nitrogen and oxygen atoms in total. The first-order valence-electron chi connectivity index (χ1n) is 11.4. The first-order valence-corrected chi connectivity index (χ1v) is 11.4. The highest BCUT2D eigenvalue weighted by molar-refractivity contribution is 5.83. The van der Waals surface area contributed by atoms with Crippen molar-refractivity contribution in [1.82, 2.24) is 4.57 Å². The van der Waals surface area contributed by atoms with Crippen LogP contribution in [0.2, 0.25) is 0 Å². The largest absolute Gasteiger partial charge is 1.00 e. The van der Waals surface area contributed by atoms with E-state index in [4.69, 9.17) is 0 Å². The molecule has 5 aromatic carbocycles. The topological polar surface area (TPSA) is 8.81 Å². The molecule has 0 aliphatic rings. The van der Waals surface area contributed by atoms with E-state index < -0.39 is 0 Å². The van der Waals surface area contributed by atoms with Gasteiger partial charge in [-0.05, 0) is 56.9 Å². The lowest BCUT2D eigenvalue weighted by Crippen LogP contribution is -3.00. The molecule has 0 bridgehead atoms. The minimum atomic E-state index is 0. The second-order valence-corrected chi connectivity index (χ2v) is 8.61. The number of fused-ring (bicyclic) bond motifs is 2. The van der Waals surface area contributed by atoms with Gasteiger partial charge >= 0.3 is 0 Å². The Morgan fingerprint density at radius 1 is 0.559 bits per heavy atom. The highest BCUT2D eigenvalue weighted by atomic mass is 79.9. The standard InChI is InChI=1S/C31H25N2.BrH/c1-2-10-28(11-3-1)31-32(22-24-14-16-26-8-4-6-12-29(26)20-24)18-19-33(31)23-25-15-17-27-9-5-7-13-30(27)21-25;/h1-21H,22-23H2;1H/q+1;/p-1. The molecular weight excluding hydrogens is 480 g/mol. The van der Waals surface area contributed by atoms with Gasteiger partial charge in [-0.3, -0.25) is 0 Å². The molecule has 0 amide bonds. The number of imidazole rings is 1. The zero-order chi connectivity index (χ0) is 22.0. The molecule has 0 spiro atoms. The van der Waals surface area contributed by atoms with E-state index in [1.165, 1.54) is 44.1 Å². The fraction of sp³-hybridized carbons (Fsp3) is 0.0645. The lowest BCUT2D eigenvalue weighted by atomic mass is 10.1. The molecule has 0 saturated heterocycles. The van der Waals surface area contributed by atoms with Gasteiger partial charge in [0.1, 0.15) is 25.5 Å². The monoisotopic (exact) mass is 504 g/mol. The number of aromatic nitrogens is 2. The van der Waals surface area contributed by atoms with Gasteiger partial charge in [-0.1, -0.05) is 91.0 Å². The van der Waals surface area contributed by atoms with E-state index in [0.29, 0.717) is 0 Å². The predicted molar refractivity (Wildman–Crippen MR) is 136 cm³/mol. The van der Waals surface area contributed by atoms with E-state index in [-0.39, 0.29) is 17.0 Å². The summed E-state index contributed by atoms with van der Waals surface area (Å²) in [6.07, 6.45) is 4.41. The Bertz CT molecular complexity index is 1470. The van der Waals surface area contributed by atoms with Crippen LogP contribution in [0.5, 0.6) is 0 Å². The second kappa shape index (κ2) is 9.66. The number of nitrogens with zero attached hydrogens (tertiary/aromatic N) is 2. The van der Waals surface area contributed by atoms with Crippen LogP contribution in [0.3, 0.4) is 0 Å². The Balaban J connectivity index is 0.00000241. The Hall–Kier alpha value is -3.69. The third-order valence-corrected chi connectivity index (χ3v) is 6.34. The minimum Gasteiger partial charge on any atom is -1.00 e. The Morgan fingerprint density at radius 2 is 1.12 bits per heavy atom. The van der Waals surface area contributed by atoms with Crippen molar-refractivity contribution in [3.8, 4) is 11.4 Å². The van der Waals surface area contributed by atoms with Crippen LogP contribution < -0.4 is 21.5 Å². The smallest absolute Gasteiger partial charge is 0.289 e. The summed E-state index contributed by atoms with van der Waals surface area (Å²) in [7, 11) is 0. The maximum atomic E-state index is 2.36. The van der Waals surface area contributed by atoms with Gasteiger partial charge in [0.05, 0.1) is 5.56 Å². The first kappa shape index (κ1) is 22.1. The van der Waals surface area contributed by atoms with Gasteiger partial charge in [-0.15, -0.1) is 0 Å². The van der Waals surface area contributed by atoms with Crippen LogP contribution in [0.25, 0.3) is 32.9 Å². The van der Waals surface area contributed by atoms with E-state index in [1.807, 2.05) is 0 Å². The van der Waals surface area contributed by atoms with Gasteiger partial charge in [-0.2, -0.15) is 0 Å². The highest BCUT2D eigenvalue weighted by Gasteiger charge is 2.20. The van der Waals surface area contributed by atoms with Crippen molar-refractivity contribution in [2.75, 3.05) is 0 Å². The lowest BCUT2D eigenvalue weighted by molar-refractivity contribution is -0.676. The Labute approximate surface area is 210 Å². The van der Waals surface area contributed by atoms with E-state index in [9.17, 15) is 0 Å². The number of benzene rings is 5. The molecule has 0 radical (unpaired) electrons. The van der Waals surface area contributed by atoms with Crippen LogP contribution >= 0.6 is 0 Å². The highest BCUT2D eigenvalue weighted by Crippen LogP contribution is 2.21. The first-order chi connectivity index (χ1) is 16.3. The van der Waals surface area contributed by atoms with Crippen molar-refractivity contribution < 1.29 is 21.5 Å². The molecular formula is C31H25BrN2. The third-order valence-electron chi connectivity index (χ3n) is 6.34. The van der Waals surface area contributed by atoms with Crippen LogP contribution in [-0.2, 0) is 13.1 Å². The zero-order valence-electron chi connectivity index (χ0n) is 18.8. The molecule has 166 valence electrons. The molecule has 0 saturated carbocycles.